The zero-order chi connectivity index (χ0) is 21.3. The predicted octanol–water partition coefficient (Wildman–Crippen LogP) is 3.79. The van der Waals surface area contributed by atoms with Crippen molar-refractivity contribution < 1.29 is 13.2 Å². The van der Waals surface area contributed by atoms with Crippen LogP contribution in [0.4, 0.5) is 24.9 Å². The molecule has 0 saturated heterocycles. The molecule has 156 valence electrons. The smallest absolute Gasteiger partial charge is 0.309 e. The first-order chi connectivity index (χ1) is 14.3. The van der Waals surface area contributed by atoms with Gasteiger partial charge < -0.3 is 5.32 Å². The number of anilines is 2. The van der Waals surface area contributed by atoms with Crippen molar-refractivity contribution in [2.45, 2.75) is 25.9 Å². The van der Waals surface area contributed by atoms with Gasteiger partial charge in [-0.25, -0.2) is 9.97 Å². The van der Waals surface area contributed by atoms with Crippen LogP contribution in [-0.4, -0.2) is 40.5 Å². The number of fused-ring (bicyclic) bond motifs is 1. The normalized spacial score (nSPS) is 13.0. The van der Waals surface area contributed by atoms with E-state index < -0.39 is 12.1 Å². The third-order valence-corrected chi connectivity index (χ3v) is 4.88. The molecule has 0 bridgehead atoms. The molecule has 30 heavy (non-hydrogen) atoms. The van der Waals surface area contributed by atoms with Gasteiger partial charge in [-0.2, -0.15) is 18.3 Å². The van der Waals surface area contributed by atoms with E-state index in [4.69, 9.17) is 0 Å². The standard InChI is InChI=1S/C19H19F3N8/c1-3-13(19(20,21)22)11-17-28-27-16-10-12(6-9-30(16)17)14-4-7-23-18(25-14)26-15-5-8-24-29(15)2/h4-10,13H,3,11H2,1-2H3,(H,23,25,26). The topological polar surface area (TPSA) is 85.8 Å². The van der Waals surface area contributed by atoms with Crippen molar-refractivity contribution in [1.82, 2.24) is 34.3 Å². The van der Waals surface area contributed by atoms with E-state index in [2.05, 4.69) is 30.6 Å². The number of hydrogen-bond acceptors (Lipinski definition) is 6. The molecule has 0 aliphatic heterocycles. The second-order valence-electron chi connectivity index (χ2n) is 6.84. The first-order valence-corrected chi connectivity index (χ1v) is 9.34. The molecule has 0 saturated carbocycles. The summed E-state index contributed by atoms with van der Waals surface area (Å²) < 4.78 is 42.6. The Labute approximate surface area is 169 Å². The summed E-state index contributed by atoms with van der Waals surface area (Å²) in [5, 5.41) is 15.2. The average molecular weight is 416 g/mol. The Kier molecular flexibility index (Phi) is 5.10. The van der Waals surface area contributed by atoms with Gasteiger partial charge in [-0.05, 0) is 24.6 Å². The largest absolute Gasteiger partial charge is 0.392 e. The van der Waals surface area contributed by atoms with Crippen LogP contribution in [0.5, 0.6) is 0 Å². The second-order valence-corrected chi connectivity index (χ2v) is 6.84. The average Bonchev–Trinajstić information content (AvgIpc) is 3.31. The Bertz CT molecular complexity index is 1160. The van der Waals surface area contributed by atoms with E-state index in [0.29, 0.717) is 17.3 Å². The van der Waals surface area contributed by atoms with E-state index >= 15 is 0 Å². The summed E-state index contributed by atoms with van der Waals surface area (Å²) in [5.41, 5.74) is 1.85. The lowest BCUT2D eigenvalue weighted by Gasteiger charge is -2.17. The number of rotatable bonds is 6. The summed E-state index contributed by atoms with van der Waals surface area (Å²) in [6.07, 6.45) is 0.454. The first kappa shape index (κ1) is 19.8. The van der Waals surface area contributed by atoms with Gasteiger partial charge in [0.2, 0.25) is 5.95 Å². The number of hydrogen-bond donors (Lipinski definition) is 1. The van der Waals surface area contributed by atoms with Crippen LogP contribution >= 0.6 is 0 Å². The fourth-order valence-corrected chi connectivity index (χ4v) is 3.14. The first-order valence-electron chi connectivity index (χ1n) is 9.34. The summed E-state index contributed by atoms with van der Waals surface area (Å²) in [4.78, 5) is 8.71. The summed E-state index contributed by atoms with van der Waals surface area (Å²) in [7, 11) is 1.80. The van der Waals surface area contributed by atoms with E-state index in [0.717, 1.165) is 11.4 Å². The zero-order valence-corrected chi connectivity index (χ0v) is 16.3. The van der Waals surface area contributed by atoms with Crippen molar-refractivity contribution in [2.75, 3.05) is 5.32 Å². The van der Waals surface area contributed by atoms with Crippen LogP contribution in [-0.2, 0) is 13.5 Å². The quantitative estimate of drug-likeness (QED) is 0.515. The maximum absolute atomic E-state index is 13.1. The van der Waals surface area contributed by atoms with Crippen molar-refractivity contribution >= 4 is 17.4 Å². The molecule has 4 heterocycles. The molecule has 4 rings (SSSR count). The van der Waals surface area contributed by atoms with E-state index in [1.54, 1.807) is 59.0 Å². The molecule has 8 nitrogen and oxygen atoms in total. The lowest BCUT2D eigenvalue weighted by molar-refractivity contribution is -0.175. The van der Waals surface area contributed by atoms with Gasteiger partial charge in [-0.3, -0.25) is 9.08 Å². The molecule has 0 fully saturated rings. The SMILES string of the molecule is CCC(Cc1nnc2cc(-c3ccnc(Nc4ccnn4C)n3)ccn12)C(F)(F)F. The molecule has 0 radical (unpaired) electrons. The molecule has 11 heteroatoms. The van der Waals surface area contributed by atoms with Gasteiger partial charge >= 0.3 is 6.18 Å². The molecule has 0 aliphatic carbocycles. The maximum Gasteiger partial charge on any atom is 0.392 e. The number of nitrogens with one attached hydrogen (secondary N) is 1. The van der Waals surface area contributed by atoms with E-state index in [1.165, 1.54) is 6.92 Å². The molecule has 1 N–H and O–H groups in total. The molecule has 0 aromatic carbocycles. The van der Waals surface area contributed by atoms with Crippen LogP contribution in [0.1, 0.15) is 19.2 Å². The fourth-order valence-electron chi connectivity index (χ4n) is 3.14. The molecule has 4 aromatic heterocycles. The molecular formula is C19H19F3N8. The van der Waals surface area contributed by atoms with E-state index in [9.17, 15) is 13.2 Å². The van der Waals surface area contributed by atoms with Crippen molar-refractivity contribution in [2.24, 2.45) is 13.0 Å². The van der Waals surface area contributed by atoms with Crippen LogP contribution in [0.3, 0.4) is 0 Å². The van der Waals surface area contributed by atoms with Gasteiger partial charge in [0, 0.05) is 37.5 Å². The van der Waals surface area contributed by atoms with Gasteiger partial charge in [0.05, 0.1) is 17.8 Å². The van der Waals surface area contributed by atoms with Gasteiger partial charge in [0.25, 0.3) is 0 Å². The van der Waals surface area contributed by atoms with Crippen molar-refractivity contribution in [3.05, 3.63) is 48.7 Å². The molecule has 0 spiro atoms. The van der Waals surface area contributed by atoms with Gasteiger partial charge in [-0.1, -0.05) is 6.92 Å². The van der Waals surface area contributed by atoms with Crippen LogP contribution in [0.25, 0.3) is 16.9 Å². The molecule has 0 amide bonds. The number of nitrogens with zero attached hydrogens (tertiary/aromatic N) is 7. The number of aryl methyl sites for hydroxylation is 1. The second kappa shape index (κ2) is 7.73. The number of halogens is 3. The Balaban J connectivity index is 1.60. The minimum absolute atomic E-state index is 0.0100. The summed E-state index contributed by atoms with van der Waals surface area (Å²) >= 11 is 0. The Morgan fingerprint density at radius 2 is 1.97 bits per heavy atom. The Morgan fingerprint density at radius 3 is 2.67 bits per heavy atom. The highest BCUT2D eigenvalue weighted by Gasteiger charge is 2.38. The molecule has 4 aromatic rings. The van der Waals surface area contributed by atoms with Crippen LogP contribution in [0.15, 0.2) is 42.9 Å². The molecule has 1 atom stereocenters. The lowest BCUT2D eigenvalue weighted by Crippen LogP contribution is -2.25. The summed E-state index contributed by atoms with van der Waals surface area (Å²) in [6.45, 7) is 1.52. The maximum atomic E-state index is 13.1. The Hall–Kier alpha value is -3.50. The molecular weight excluding hydrogens is 397 g/mol. The molecule has 0 aliphatic rings. The van der Waals surface area contributed by atoms with Crippen molar-refractivity contribution in [1.29, 1.82) is 0 Å². The zero-order valence-electron chi connectivity index (χ0n) is 16.3. The van der Waals surface area contributed by atoms with Gasteiger partial charge in [0.1, 0.15) is 11.6 Å². The van der Waals surface area contributed by atoms with Crippen LogP contribution in [0.2, 0.25) is 0 Å². The Morgan fingerprint density at radius 1 is 1.13 bits per heavy atom. The van der Waals surface area contributed by atoms with Crippen molar-refractivity contribution in [3.63, 3.8) is 0 Å². The van der Waals surface area contributed by atoms with Gasteiger partial charge in [-0.15, -0.1) is 10.2 Å². The number of pyridine rings is 1. The van der Waals surface area contributed by atoms with E-state index in [1.807, 2.05) is 0 Å². The third-order valence-electron chi connectivity index (χ3n) is 4.88. The number of aromatic nitrogens is 7. The fraction of sp³-hybridized carbons (Fsp3) is 0.316. The number of alkyl halides is 3. The highest BCUT2D eigenvalue weighted by atomic mass is 19.4. The highest BCUT2D eigenvalue weighted by Crippen LogP contribution is 2.31. The van der Waals surface area contributed by atoms with Crippen LogP contribution in [0, 0.1) is 5.92 Å². The minimum atomic E-state index is -4.27. The van der Waals surface area contributed by atoms with Gasteiger partial charge in [0.15, 0.2) is 5.65 Å². The lowest BCUT2D eigenvalue weighted by atomic mass is 10.0. The highest BCUT2D eigenvalue weighted by molar-refractivity contribution is 5.65. The minimum Gasteiger partial charge on any atom is -0.309 e. The summed E-state index contributed by atoms with van der Waals surface area (Å²) in [6, 6.07) is 7.05. The van der Waals surface area contributed by atoms with Crippen molar-refractivity contribution in [3.8, 4) is 11.3 Å². The predicted molar refractivity (Wildman–Crippen MR) is 104 cm³/mol. The third kappa shape index (κ3) is 3.95. The molecule has 1 unspecified atom stereocenters. The monoisotopic (exact) mass is 416 g/mol. The summed E-state index contributed by atoms with van der Waals surface area (Å²) in [5.74, 6) is -0.0389. The van der Waals surface area contributed by atoms with Crippen LogP contribution < -0.4 is 5.32 Å². The van der Waals surface area contributed by atoms with E-state index in [-0.39, 0.29) is 18.7 Å².